The molecule has 2 unspecified atom stereocenters. The highest BCUT2D eigenvalue weighted by Crippen LogP contribution is 2.30. The molecule has 0 amide bonds. The van der Waals surface area contributed by atoms with E-state index in [1.165, 1.54) is 19.3 Å². The predicted molar refractivity (Wildman–Crippen MR) is 76.8 cm³/mol. The minimum absolute atomic E-state index is 0.0310. The van der Waals surface area contributed by atoms with Crippen LogP contribution in [0.1, 0.15) is 49.6 Å². The molecule has 0 aliphatic heterocycles. The Labute approximate surface area is 114 Å². The van der Waals surface area contributed by atoms with E-state index in [0.29, 0.717) is 11.5 Å². The SMILES string of the molecule is Cc1cc(OC2CCCCC2C)c(C(=N)N)c(C)n1. The Bertz CT molecular complexity index is 485. The first-order chi connectivity index (χ1) is 8.99. The van der Waals surface area contributed by atoms with E-state index >= 15 is 0 Å². The number of amidine groups is 1. The second-order valence-corrected chi connectivity index (χ2v) is 5.55. The maximum absolute atomic E-state index is 7.71. The number of hydrogen-bond acceptors (Lipinski definition) is 3. The highest BCUT2D eigenvalue weighted by Gasteiger charge is 2.24. The van der Waals surface area contributed by atoms with Crippen LogP contribution in [0, 0.1) is 25.2 Å². The van der Waals surface area contributed by atoms with Crippen LogP contribution in [0.2, 0.25) is 0 Å². The van der Waals surface area contributed by atoms with Gasteiger partial charge in [-0.3, -0.25) is 10.4 Å². The first-order valence-electron chi connectivity index (χ1n) is 6.98. The Morgan fingerprint density at radius 2 is 2.05 bits per heavy atom. The second-order valence-electron chi connectivity index (χ2n) is 5.55. The molecule has 2 atom stereocenters. The Morgan fingerprint density at radius 1 is 1.37 bits per heavy atom. The molecule has 0 saturated heterocycles. The van der Waals surface area contributed by atoms with Gasteiger partial charge in [0.15, 0.2) is 0 Å². The van der Waals surface area contributed by atoms with Gasteiger partial charge in [0, 0.05) is 11.8 Å². The zero-order chi connectivity index (χ0) is 14.0. The van der Waals surface area contributed by atoms with Gasteiger partial charge in [0.05, 0.1) is 11.3 Å². The van der Waals surface area contributed by atoms with Crippen LogP contribution >= 0.6 is 0 Å². The third-order valence-electron chi connectivity index (χ3n) is 3.87. The summed E-state index contributed by atoms with van der Waals surface area (Å²) < 4.78 is 6.16. The number of aromatic nitrogens is 1. The van der Waals surface area contributed by atoms with E-state index in [2.05, 4.69) is 11.9 Å². The van der Waals surface area contributed by atoms with Gasteiger partial charge in [-0.25, -0.2) is 0 Å². The minimum Gasteiger partial charge on any atom is -0.489 e. The predicted octanol–water partition coefficient (Wildman–Crippen LogP) is 2.94. The molecule has 1 aromatic heterocycles. The van der Waals surface area contributed by atoms with Crippen molar-refractivity contribution < 1.29 is 4.74 Å². The van der Waals surface area contributed by atoms with Crippen molar-refractivity contribution in [2.75, 3.05) is 0 Å². The van der Waals surface area contributed by atoms with Crippen LogP contribution in [0.4, 0.5) is 0 Å². The lowest BCUT2D eigenvalue weighted by atomic mass is 9.88. The molecule has 104 valence electrons. The number of nitrogen functional groups attached to an aromatic ring is 1. The summed E-state index contributed by atoms with van der Waals surface area (Å²) in [4.78, 5) is 4.37. The molecule has 0 bridgehead atoms. The standard InChI is InChI=1S/C15H23N3O/c1-9-6-4-5-7-12(9)19-13-8-10(2)18-11(3)14(13)15(16)17/h8-9,12H,4-7H2,1-3H3,(H3,16,17). The molecule has 1 heterocycles. The van der Waals surface area contributed by atoms with E-state index in [0.717, 1.165) is 23.6 Å². The number of rotatable bonds is 3. The fourth-order valence-electron chi connectivity index (χ4n) is 2.83. The molecule has 0 radical (unpaired) electrons. The summed E-state index contributed by atoms with van der Waals surface area (Å²) in [6, 6.07) is 1.89. The van der Waals surface area contributed by atoms with Gasteiger partial charge >= 0.3 is 0 Å². The molecular formula is C15H23N3O. The van der Waals surface area contributed by atoms with Crippen LogP contribution in [0.15, 0.2) is 6.07 Å². The molecule has 1 aromatic rings. The summed E-state index contributed by atoms with van der Waals surface area (Å²) in [5.41, 5.74) is 7.98. The van der Waals surface area contributed by atoms with Gasteiger partial charge in [-0.15, -0.1) is 0 Å². The molecule has 4 nitrogen and oxygen atoms in total. The number of pyridine rings is 1. The monoisotopic (exact) mass is 261 g/mol. The largest absolute Gasteiger partial charge is 0.489 e. The van der Waals surface area contributed by atoms with Gasteiger partial charge in [0.25, 0.3) is 0 Å². The molecule has 2 rings (SSSR count). The molecule has 19 heavy (non-hydrogen) atoms. The molecule has 1 fully saturated rings. The lowest BCUT2D eigenvalue weighted by Crippen LogP contribution is -2.29. The molecule has 4 heteroatoms. The van der Waals surface area contributed by atoms with Crippen molar-refractivity contribution in [3.05, 3.63) is 23.0 Å². The summed E-state index contributed by atoms with van der Waals surface area (Å²) in [7, 11) is 0. The van der Waals surface area contributed by atoms with Crippen molar-refractivity contribution in [3.8, 4) is 5.75 Å². The lowest BCUT2D eigenvalue weighted by molar-refractivity contribution is 0.102. The molecule has 1 aliphatic rings. The van der Waals surface area contributed by atoms with Crippen LogP contribution in [-0.2, 0) is 0 Å². The number of nitrogens with one attached hydrogen (secondary N) is 1. The molecule has 1 saturated carbocycles. The smallest absolute Gasteiger partial charge is 0.134 e. The first-order valence-corrected chi connectivity index (χ1v) is 6.98. The normalized spacial score (nSPS) is 23.1. The lowest BCUT2D eigenvalue weighted by Gasteiger charge is -2.30. The van der Waals surface area contributed by atoms with Crippen molar-refractivity contribution in [1.82, 2.24) is 4.98 Å². The Kier molecular flexibility index (Phi) is 4.08. The van der Waals surface area contributed by atoms with E-state index in [9.17, 15) is 0 Å². The van der Waals surface area contributed by atoms with E-state index in [-0.39, 0.29) is 11.9 Å². The third kappa shape index (κ3) is 3.06. The zero-order valence-electron chi connectivity index (χ0n) is 12.0. The summed E-state index contributed by atoms with van der Waals surface area (Å²) in [6.45, 7) is 6.05. The van der Waals surface area contributed by atoms with Gasteiger partial charge in [0.1, 0.15) is 17.7 Å². The summed E-state index contributed by atoms with van der Waals surface area (Å²) in [6.07, 6.45) is 5.03. The number of aryl methyl sites for hydroxylation is 2. The van der Waals surface area contributed by atoms with E-state index in [1.807, 2.05) is 19.9 Å². The average Bonchev–Trinajstić information content (AvgIpc) is 2.30. The van der Waals surface area contributed by atoms with Gasteiger partial charge in [-0.1, -0.05) is 13.3 Å². The van der Waals surface area contributed by atoms with Crippen LogP contribution in [-0.4, -0.2) is 16.9 Å². The van der Waals surface area contributed by atoms with Gasteiger partial charge < -0.3 is 10.5 Å². The number of nitrogens with zero attached hydrogens (tertiary/aromatic N) is 1. The number of ether oxygens (including phenoxy) is 1. The van der Waals surface area contributed by atoms with Crippen LogP contribution in [0.25, 0.3) is 0 Å². The highest BCUT2D eigenvalue weighted by molar-refractivity contribution is 5.98. The first kappa shape index (κ1) is 13.8. The van der Waals surface area contributed by atoms with E-state index < -0.39 is 0 Å². The average molecular weight is 261 g/mol. The second kappa shape index (κ2) is 5.59. The van der Waals surface area contributed by atoms with Crippen molar-refractivity contribution in [2.45, 2.75) is 52.6 Å². The van der Waals surface area contributed by atoms with Crippen LogP contribution in [0.3, 0.4) is 0 Å². The summed E-state index contributed by atoms with van der Waals surface area (Å²) in [5, 5.41) is 7.71. The van der Waals surface area contributed by atoms with Crippen LogP contribution < -0.4 is 10.5 Å². The third-order valence-corrected chi connectivity index (χ3v) is 3.87. The number of hydrogen-bond donors (Lipinski definition) is 2. The maximum Gasteiger partial charge on any atom is 0.134 e. The van der Waals surface area contributed by atoms with Crippen molar-refractivity contribution in [1.29, 1.82) is 5.41 Å². The fourth-order valence-corrected chi connectivity index (χ4v) is 2.83. The van der Waals surface area contributed by atoms with Crippen LogP contribution in [0.5, 0.6) is 5.75 Å². The van der Waals surface area contributed by atoms with Crippen molar-refractivity contribution in [2.24, 2.45) is 11.7 Å². The Morgan fingerprint density at radius 3 is 2.68 bits per heavy atom. The topological polar surface area (TPSA) is 72.0 Å². The highest BCUT2D eigenvalue weighted by atomic mass is 16.5. The van der Waals surface area contributed by atoms with Gasteiger partial charge in [-0.05, 0) is 39.0 Å². The van der Waals surface area contributed by atoms with Crippen molar-refractivity contribution in [3.63, 3.8) is 0 Å². The fraction of sp³-hybridized carbons (Fsp3) is 0.600. The minimum atomic E-state index is 0.0310. The molecule has 1 aliphatic carbocycles. The zero-order valence-corrected chi connectivity index (χ0v) is 12.0. The number of nitrogens with two attached hydrogens (primary N) is 1. The quantitative estimate of drug-likeness (QED) is 0.649. The maximum atomic E-state index is 7.71. The molecule has 0 spiro atoms. The molecule has 3 N–H and O–H groups in total. The molecular weight excluding hydrogens is 238 g/mol. The van der Waals surface area contributed by atoms with Crippen molar-refractivity contribution >= 4 is 5.84 Å². The summed E-state index contributed by atoms with van der Waals surface area (Å²) >= 11 is 0. The Balaban J connectivity index is 2.30. The van der Waals surface area contributed by atoms with Gasteiger partial charge in [-0.2, -0.15) is 0 Å². The van der Waals surface area contributed by atoms with E-state index in [4.69, 9.17) is 15.9 Å². The summed E-state index contributed by atoms with van der Waals surface area (Å²) in [5.74, 6) is 1.31. The molecule has 0 aromatic carbocycles. The van der Waals surface area contributed by atoms with E-state index in [1.54, 1.807) is 0 Å². The van der Waals surface area contributed by atoms with Gasteiger partial charge in [0.2, 0.25) is 0 Å². The Hall–Kier alpha value is -1.58.